The molecule has 110 valence electrons. The molecule has 0 aliphatic carbocycles. The number of piperidine rings is 1. The summed E-state index contributed by atoms with van der Waals surface area (Å²) in [6.07, 6.45) is 4.00. The molecule has 1 aliphatic rings. The summed E-state index contributed by atoms with van der Waals surface area (Å²) >= 11 is 1.53. The van der Waals surface area contributed by atoms with Gasteiger partial charge in [0.25, 0.3) is 0 Å². The first kappa shape index (κ1) is 16.3. The molecule has 1 amide bonds. The lowest BCUT2D eigenvalue weighted by Crippen LogP contribution is -2.38. The lowest BCUT2D eigenvalue weighted by atomic mass is 10.1. The van der Waals surface area contributed by atoms with Crippen molar-refractivity contribution in [2.75, 3.05) is 31.1 Å². The monoisotopic (exact) mass is 288 g/mol. The van der Waals surface area contributed by atoms with Gasteiger partial charge in [0.1, 0.15) is 6.04 Å². The van der Waals surface area contributed by atoms with Gasteiger partial charge in [-0.2, -0.15) is 11.8 Å². The average molecular weight is 288 g/mol. The Morgan fingerprint density at radius 3 is 2.58 bits per heavy atom. The second-order valence-electron chi connectivity index (χ2n) is 4.73. The van der Waals surface area contributed by atoms with Gasteiger partial charge in [-0.05, 0) is 38.0 Å². The summed E-state index contributed by atoms with van der Waals surface area (Å²) in [5, 5.41) is 11.9. The number of carbonyl (C=O) groups is 2. The predicted octanol–water partition coefficient (Wildman–Crippen LogP) is 1.18. The molecular weight excluding hydrogens is 264 g/mol. The van der Waals surface area contributed by atoms with Crippen LogP contribution in [0.1, 0.15) is 32.6 Å². The predicted molar refractivity (Wildman–Crippen MR) is 77.5 cm³/mol. The molecule has 1 atom stereocenters. The largest absolute Gasteiger partial charge is 0.480 e. The molecule has 0 saturated carbocycles. The minimum atomic E-state index is -0.815. The fourth-order valence-corrected chi connectivity index (χ4v) is 3.06. The minimum absolute atomic E-state index is 0.194. The van der Waals surface area contributed by atoms with Crippen molar-refractivity contribution < 1.29 is 14.7 Å². The summed E-state index contributed by atoms with van der Waals surface area (Å²) in [5.41, 5.74) is 0. The highest BCUT2D eigenvalue weighted by Crippen LogP contribution is 2.12. The van der Waals surface area contributed by atoms with Crippen LogP contribution in [0.15, 0.2) is 0 Å². The van der Waals surface area contributed by atoms with Crippen LogP contribution in [0.5, 0.6) is 0 Å². The molecule has 0 aromatic heterocycles. The third-order valence-corrected chi connectivity index (χ3v) is 4.21. The van der Waals surface area contributed by atoms with E-state index in [2.05, 4.69) is 5.32 Å². The summed E-state index contributed by atoms with van der Waals surface area (Å²) in [5.74, 6) is 0.548. The van der Waals surface area contributed by atoms with Crippen molar-refractivity contribution in [3.8, 4) is 0 Å². The Labute approximate surface area is 119 Å². The summed E-state index contributed by atoms with van der Waals surface area (Å²) in [6, 6.07) is -0.498. The number of hydrogen-bond acceptors (Lipinski definition) is 4. The van der Waals surface area contributed by atoms with Crippen LogP contribution in [0.25, 0.3) is 0 Å². The Bertz CT molecular complexity index is 294. The van der Waals surface area contributed by atoms with Crippen molar-refractivity contribution >= 4 is 23.6 Å². The van der Waals surface area contributed by atoms with Crippen LogP contribution in [0.3, 0.4) is 0 Å². The van der Waals surface area contributed by atoms with Gasteiger partial charge in [-0.3, -0.25) is 9.59 Å². The lowest BCUT2D eigenvalue weighted by molar-refractivity contribution is -0.139. The Balaban J connectivity index is 2.15. The second-order valence-corrected chi connectivity index (χ2v) is 5.84. The number of nitrogens with zero attached hydrogens (tertiary/aromatic N) is 1. The normalized spacial score (nSPS) is 17.2. The number of likely N-dealkylation sites (tertiary alicyclic amines) is 1. The molecular formula is C13H24N2O3S. The van der Waals surface area contributed by atoms with E-state index < -0.39 is 12.0 Å². The molecule has 5 nitrogen and oxygen atoms in total. The number of aliphatic carboxylic acids is 1. The molecule has 0 spiro atoms. The molecule has 1 rings (SSSR count). The van der Waals surface area contributed by atoms with Crippen LogP contribution in [0, 0.1) is 0 Å². The maximum Gasteiger partial charge on any atom is 0.320 e. The van der Waals surface area contributed by atoms with Crippen molar-refractivity contribution in [2.24, 2.45) is 0 Å². The molecule has 1 unspecified atom stereocenters. The van der Waals surface area contributed by atoms with E-state index in [-0.39, 0.29) is 5.91 Å². The SMILES string of the molecule is CCNC(CCSCC(=O)N1CCCCC1)C(=O)O. The van der Waals surface area contributed by atoms with Crippen LogP contribution in [-0.4, -0.2) is 59.1 Å². The number of amides is 1. The first-order valence-electron chi connectivity index (χ1n) is 6.97. The zero-order chi connectivity index (χ0) is 14.1. The maximum absolute atomic E-state index is 11.9. The van der Waals surface area contributed by atoms with Crippen LogP contribution in [-0.2, 0) is 9.59 Å². The van der Waals surface area contributed by atoms with Crippen LogP contribution >= 0.6 is 11.8 Å². The molecule has 0 radical (unpaired) electrons. The average Bonchev–Trinajstić information content (AvgIpc) is 2.42. The van der Waals surface area contributed by atoms with Gasteiger partial charge in [0.2, 0.25) is 5.91 Å². The molecule has 1 saturated heterocycles. The van der Waals surface area contributed by atoms with E-state index in [1.54, 1.807) is 0 Å². The van der Waals surface area contributed by atoms with E-state index >= 15 is 0 Å². The molecule has 6 heteroatoms. The van der Waals surface area contributed by atoms with Gasteiger partial charge in [-0.25, -0.2) is 0 Å². The molecule has 1 aliphatic heterocycles. The zero-order valence-corrected chi connectivity index (χ0v) is 12.4. The standard InChI is InChI=1S/C13H24N2O3S/c1-2-14-11(13(17)18)6-9-19-10-12(16)15-7-4-3-5-8-15/h11,14H,2-10H2,1H3,(H,17,18). The van der Waals surface area contributed by atoms with Crippen LogP contribution in [0.2, 0.25) is 0 Å². The summed E-state index contributed by atoms with van der Waals surface area (Å²) in [7, 11) is 0. The van der Waals surface area contributed by atoms with Crippen molar-refractivity contribution in [1.82, 2.24) is 10.2 Å². The number of likely N-dealkylation sites (N-methyl/N-ethyl adjacent to an activating group) is 1. The van der Waals surface area contributed by atoms with Gasteiger partial charge >= 0.3 is 5.97 Å². The van der Waals surface area contributed by atoms with E-state index in [0.29, 0.717) is 24.5 Å². The Morgan fingerprint density at radius 2 is 2.00 bits per heavy atom. The Morgan fingerprint density at radius 1 is 1.32 bits per heavy atom. The molecule has 0 aromatic carbocycles. The molecule has 1 heterocycles. The number of rotatable bonds is 8. The molecule has 2 N–H and O–H groups in total. The van der Waals surface area contributed by atoms with Crippen molar-refractivity contribution in [3.63, 3.8) is 0 Å². The van der Waals surface area contributed by atoms with Gasteiger partial charge in [0.15, 0.2) is 0 Å². The highest BCUT2D eigenvalue weighted by Gasteiger charge is 2.18. The topological polar surface area (TPSA) is 69.6 Å². The number of carboxylic acid groups (broad SMARTS) is 1. The van der Waals surface area contributed by atoms with Crippen molar-refractivity contribution in [2.45, 2.75) is 38.6 Å². The first-order valence-corrected chi connectivity index (χ1v) is 8.12. The van der Waals surface area contributed by atoms with Gasteiger partial charge in [0, 0.05) is 13.1 Å². The van der Waals surface area contributed by atoms with Crippen molar-refractivity contribution in [3.05, 3.63) is 0 Å². The molecule has 1 fully saturated rings. The Hall–Kier alpha value is -0.750. The second kappa shape index (κ2) is 9.20. The van der Waals surface area contributed by atoms with Gasteiger partial charge < -0.3 is 15.3 Å². The Kier molecular flexibility index (Phi) is 7.90. The molecule has 0 aromatic rings. The third kappa shape index (κ3) is 6.29. The number of thioether (sulfide) groups is 1. The summed E-state index contributed by atoms with van der Waals surface area (Å²) < 4.78 is 0. The number of carboxylic acids is 1. The van der Waals surface area contributed by atoms with Crippen LogP contribution in [0.4, 0.5) is 0 Å². The quantitative estimate of drug-likeness (QED) is 0.657. The first-order chi connectivity index (χ1) is 9.15. The van der Waals surface area contributed by atoms with E-state index in [9.17, 15) is 9.59 Å². The highest BCUT2D eigenvalue weighted by molar-refractivity contribution is 7.99. The summed E-state index contributed by atoms with van der Waals surface area (Å²) in [6.45, 7) is 4.31. The number of carbonyl (C=O) groups excluding carboxylic acids is 1. The zero-order valence-electron chi connectivity index (χ0n) is 11.6. The number of nitrogens with one attached hydrogen (secondary N) is 1. The van der Waals surface area contributed by atoms with E-state index in [1.807, 2.05) is 11.8 Å². The van der Waals surface area contributed by atoms with Gasteiger partial charge in [-0.15, -0.1) is 0 Å². The van der Waals surface area contributed by atoms with Gasteiger partial charge in [0.05, 0.1) is 5.75 Å². The lowest BCUT2D eigenvalue weighted by Gasteiger charge is -2.26. The summed E-state index contributed by atoms with van der Waals surface area (Å²) in [4.78, 5) is 24.7. The fraction of sp³-hybridized carbons (Fsp3) is 0.846. The smallest absolute Gasteiger partial charge is 0.320 e. The maximum atomic E-state index is 11.9. The van der Waals surface area contributed by atoms with E-state index in [4.69, 9.17) is 5.11 Å². The molecule has 19 heavy (non-hydrogen) atoms. The van der Waals surface area contributed by atoms with E-state index in [1.165, 1.54) is 18.2 Å². The fourth-order valence-electron chi connectivity index (χ4n) is 2.15. The van der Waals surface area contributed by atoms with Crippen LogP contribution < -0.4 is 5.32 Å². The van der Waals surface area contributed by atoms with Gasteiger partial charge in [-0.1, -0.05) is 6.92 Å². The molecule has 0 bridgehead atoms. The minimum Gasteiger partial charge on any atom is -0.480 e. The van der Waals surface area contributed by atoms with Crippen molar-refractivity contribution in [1.29, 1.82) is 0 Å². The van der Waals surface area contributed by atoms with E-state index in [0.717, 1.165) is 25.9 Å². The highest BCUT2D eigenvalue weighted by atomic mass is 32.2. The number of hydrogen-bond donors (Lipinski definition) is 2. The third-order valence-electron chi connectivity index (χ3n) is 3.23.